The largest absolute Gasteiger partial charge is 0.489 e. The van der Waals surface area contributed by atoms with Crippen LogP contribution in [-0.2, 0) is 16.2 Å². The van der Waals surface area contributed by atoms with Gasteiger partial charge in [0.1, 0.15) is 23.4 Å². The van der Waals surface area contributed by atoms with Crippen molar-refractivity contribution < 1.29 is 18.7 Å². The molecule has 2 aliphatic rings. The number of hydrogen-bond acceptors (Lipinski definition) is 6. The Morgan fingerprint density at radius 3 is 2.47 bits per heavy atom. The van der Waals surface area contributed by atoms with Gasteiger partial charge in [-0.3, -0.25) is 14.4 Å². The van der Waals surface area contributed by atoms with Crippen molar-refractivity contribution in [3.63, 3.8) is 0 Å². The highest BCUT2D eigenvalue weighted by atomic mass is 32.2. The number of amides is 2. The number of anilines is 1. The van der Waals surface area contributed by atoms with Gasteiger partial charge in [0.25, 0.3) is 0 Å². The molecule has 3 aromatic carbocycles. The molecule has 1 aromatic heterocycles. The van der Waals surface area contributed by atoms with Crippen molar-refractivity contribution in [1.29, 1.82) is 0 Å². The molecule has 9 heteroatoms. The molecule has 1 N–H and O–H groups in total. The number of nitrogens with zero attached hydrogens (tertiary/aromatic N) is 1. The normalized spacial score (nSPS) is 20.8. The van der Waals surface area contributed by atoms with E-state index in [4.69, 9.17) is 4.74 Å². The van der Waals surface area contributed by atoms with Crippen LogP contribution in [0.2, 0.25) is 0 Å². The Balaban J connectivity index is 1.38. The van der Waals surface area contributed by atoms with Crippen LogP contribution >= 0.6 is 23.1 Å². The van der Waals surface area contributed by atoms with Crippen LogP contribution in [0.1, 0.15) is 21.9 Å². The van der Waals surface area contributed by atoms with Crippen molar-refractivity contribution in [3.8, 4) is 5.75 Å². The number of halogens is 1. The first-order chi connectivity index (χ1) is 17.5. The number of imide groups is 1. The molecule has 0 bridgehead atoms. The molecule has 2 amide bonds. The van der Waals surface area contributed by atoms with Crippen molar-refractivity contribution in [3.05, 3.63) is 110 Å². The summed E-state index contributed by atoms with van der Waals surface area (Å²) in [6, 6.07) is 22.5. The smallest absolute Gasteiger partial charge is 0.305 e. The number of nitrogens with one attached hydrogen (secondary N) is 1. The highest BCUT2D eigenvalue weighted by molar-refractivity contribution is 8.00. The number of rotatable bonds is 5. The maximum Gasteiger partial charge on any atom is 0.305 e. The third-order valence-corrected chi connectivity index (χ3v) is 8.78. The number of thiazole rings is 1. The van der Waals surface area contributed by atoms with E-state index in [1.807, 2.05) is 54.6 Å². The van der Waals surface area contributed by atoms with Crippen LogP contribution in [0.4, 0.5) is 10.1 Å². The van der Waals surface area contributed by atoms with Gasteiger partial charge in [0, 0.05) is 10.8 Å². The fraction of sp³-hybridized carbons (Fsp3) is 0.148. The number of carbonyl (C=O) groups is 2. The average Bonchev–Trinajstić information content (AvgIpc) is 3.38. The number of fused-ring (bicyclic) bond motifs is 2. The summed E-state index contributed by atoms with van der Waals surface area (Å²) in [5.41, 5.74) is 2.14. The summed E-state index contributed by atoms with van der Waals surface area (Å²) < 4.78 is 19.5. The number of aromatic amines is 1. The summed E-state index contributed by atoms with van der Waals surface area (Å²) in [4.78, 5) is 43.9. The topological polar surface area (TPSA) is 79.5 Å². The summed E-state index contributed by atoms with van der Waals surface area (Å²) in [6.07, 6.45) is 0. The summed E-state index contributed by atoms with van der Waals surface area (Å²) in [6.45, 7) is 0.384. The van der Waals surface area contributed by atoms with Gasteiger partial charge in [0.05, 0.1) is 16.6 Å². The van der Waals surface area contributed by atoms with Crippen LogP contribution in [0.3, 0.4) is 0 Å². The van der Waals surface area contributed by atoms with Gasteiger partial charge < -0.3 is 9.72 Å². The predicted octanol–water partition coefficient (Wildman–Crippen LogP) is 4.95. The van der Waals surface area contributed by atoms with Gasteiger partial charge in [0.15, 0.2) is 0 Å². The first-order valence-corrected chi connectivity index (χ1v) is 13.0. The number of thioether (sulfide) groups is 1. The fourth-order valence-electron chi connectivity index (χ4n) is 4.76. The molecule has 3 heterocycles. The van der Waals surface area contributed by atoms with Crippen molar-refractivity contribution in [2.75, 3.05) is 4.90 Å². The van der Waals surface area contributed by atoms with Crippen molar-refractivity contribution in [1.82, 2.24) is 4.98 Å². The lowest BCUT2D eigenvalue weighted by Gasteiger charge is -2.30. The van der Waals surface area contributed by atoms with Crippen LogP contribution < -0.4 is 14.5 Å². The van der Waals surface area contributed by atoms with Crippen LogP contribution in [0.5, 0.6) is 5.75 Å². The molecule has 0 aliphatic carbocycles. The zero-order chi connectivity index (χ0) is 24.8. The van der Waals surface area contributed by atoms with Gasteiger partial charge in [-0.2, -0.15) is 0 Å². The molecule has 0 radical (unpaired) electrons. The second-order valence-corrected chi connectivity index (χ2v) is 10.8. The van der Waals surface area contributed by atoms with Gasteiger partial charge in [0.2, 0.25) is 11.8 Å². The minimum absolute atomic E-state index is 0.232. The van der Waals surface area contributed by atoms with E-state index in [0.29, 0.717) is 23.1 Å². The van der Waals surface area contributed by atoms with E-state index in [1.54, 1.807) is 0 Å². The first-order valence-electron chi connectivity index (χ1n) is 11.3. The number of ether oxygens (including phenoxy) is 1. The Kier molecular flexibility index (Phi) is 5.73. The summed E-state index contributed by atoms with van der Waals surface area (Å²) >= 11 is 2.27. The molecule has 4 aromatic rings. The van der Waals surface area contributed by atoms with Crippen LogP contribution in [0.15, 0.2) is 88.7 Å². The number of carbonyl (C=O) groups excluding carboxylic acids is 2. The van der Waals surface area contributed by atoms with Gasteiger partial charge in [-0.1, -0.05) is 65.6 Å². The van der Waals surface area contributed by atoms with Crippen molar-refractivity contribution in [2.24, 2.45) is 5.92 Å². The Morgan fingerprint density at radius 1 is 0.917 bits per heavy atom. The zero-order valence-electron chi connectivity index (χ0n) is 18.7. The number of benzene rings is 3. The molecule has 2 aliphatic heterocycles. The van der Waals surface area contributed by atoms with Crippen LogP contribution in [0.25, 0.3) is 0 Å². The molecule has 1 saturated heterocycles. The third-order valence-electron chi connectivity index (χ3n) is 6.37. The highest BCUT2D eigenvalue weighted by Crippen LogP contribution is 2.53. The quantitative estimate of drug-likeness (QED) is 0.378. The molecule has 1 fully saturated rings. The molecule has 180 valence electrons. The van der Waals surface area contributed by atoms with Crippen LogP contribution in [0, 0.1) is 11.7 Å². The van der Waals surface area contributed by atoms with Gasteiger partial charge >= 0.3 is 4.87 Å². The van der Waals surface area contributed by atoms with Gasteiger partial charge in [-0.05, 0) is 47.5 Å². The fourth-order valence-corrected chi connectivity index (χ4v) is 7.27. The van der Waals surface area contributed by atoms with E-state index < -0.39 is 22.9 Å². The van der Waals surface area contributed by atoms with E-state index in [-0.39, 0.29) is 16.7 Å². The molecule has 2 unspecified atom stereocenters. The average molecular weight is 519 g/mol. The lowest BCUT2D eigenvalue weighted by Crippen LogP contribution is -2.32. The maximum atomic E-state index is 13.7. The SMILES string of the molecule is O=C1C2Sc3[nH]c(=O)sc3[C@H](c3cccc(OCc4ccccc4)c3)C2C(=O)N1c1ccc(F)cc1. The minimum atomic E-state index is -0.712. The lowest BCUT2D eigenvalue weighted by atomic mass is 9.83. The van der Waals surface area contributed by atoms with Crippen LogP contribution in [-0.4, -0.2) is 22.0 Å². The summed E-state index contributed by atoms with van der Waals surface area (Å²) in [5.74, 6) is -1.78. The Hall–Kier alpha value is -3.69. The number of H-pyrrole nitrogens is 1. The minimum Gasteiger partial charge on any atom is -0.489 e. The standard InChI is InChI=1S/C27H19FN2O4S2/c28-17-9-11-18(12-10-17)30-25(31)21-20(22-24(29-27(33)36-22)35-23(21)26(30)32)16-7-4-8-19(13-16)34-14-15-5-2-1-3-6-15/h1-13,20-21,23H,14H2,(H,29,33)/t20-,21?,23?/m1/s1. The summed E-state index contributed by atoms with van der Waals surface area (Å²) in [5, 5.41) is -0.104. The Bertz CT molecular complexity index is 1520. The van der Waals surface area contributed by atoms with E-state index in [0.717, 1.165) is 32.2 Å². The number of hydrogen-bond donors (Lipinski definition) is 1. The van der Waals surface area contributed by atoms with E-state index in [1.165, 1.54) is 36.0 Å². The van der Waals surface area contributed by atoms with Crippen molar-refractivity contribution >= 4 is 40.6 Å². The number of aromatic nitrogens is 1. The monoisotopic (exact) mass is 518 g/mol. The van der Waals surface area contributed by atoms with Gasteiger partial charge in [-0.15, -0.1) is 0 Å². The van der Waals surface area contributed by atoms with E-state index in [2.05, 4.69) is 4.98 Å². The second-order valence-electron chi connectivity index (χ2n) is 8.58. The lowest BCUT2D eigenvalue weighted by molar-refractivity contribution is -0.122. The third kappa shape index (κ3) is 3.94. The molecule has 3 atom stereocenters. The Morgan fingerprint density at radius 2 is 1.69 bits per heavy atom. The summed E-state index contributed by atoms with van der Waals surface area (Å²) in [7, 11) is 0. The molecular formula is C27H19FN2O4S2. The van der Waals surface area contributed by atoms with E-state index in [9.17, 15) is 18.8 Å². The predicted molar refractivity (Wildman–Crippen MR) is 136 cm³/mol. The molecule has 6 nitrogen and oxygen atoms in total. The Labute approximate surface area is 213 Å². The molecule has 0 spiro atoms. The molecular weight excluding hydrogens is 499 g/mol. The first kappa shape index (κ1) is 22.8. The molecule has 0 saturated carbocycles. The molecule has 36 heavy (non-hydrogen) atoms. The zero-order valence-corrected chi connectivity index (χ0v) is 20.4. The van der Waals surface area contributed by atoms with Crippen molar-refractivity contribution in [2.45, 2.75) is 22.8 Å². The molecule has 6 rings (SSSR count). The van der Waals surface area contributed by atoms with Gasteiger partial charge in [-0.25, -0.2) is 9.29 Å². The highest BCUT2D eigenvalue weighted by Gasteiger charge is 2.56. The maximum absolute atomic E-state index is 13.7. The van der Waals surface area contributed by atoms with E-state index >= 15 is 0 Å². The second kappa shape index (κ2) is 9.07.